The van der Waals surface area contributed by atoms with Crippen molar-refractivity contribution in [1.82, 2.24) is 4.31 Å². The van der Waals surface area contributed by atoms with E-state index in [1.165, 1.54) is 19.3 Å². The Labute approximate surface area is 159 Å². The second-order valence-corrected chi connectivity index (χ2v) is 8.91. The topological polar surface area (TPSA) is 37.4 Å². The number of hydrogen-bond acceptors (Lipinski definition) is 2. The lowest BCUT2D eigenvalue weighted by Gasteiger charge is -2.36. The molecule has 1 aromatic carbocycles. The van der Waals surface area contributed by atoms with Gasteiger partial charge in [-0.25, -0.2) is 8.42 Å². The van der Waals surface area contributed by atoms with E-state index in [9.17, 15) is 8.42 Å². The lowest BCUT2D eigenvalue weighted by Crippen LogP contribution is -2.44. The minimum Gasteiger partial charge on any atom is -0.207 e. The smallest absolute Gasteiger partial charge is 0.207 e. The first-order chi connectivity index (χ1) is 12.5. The normalized spacial score (nSPS) is 17.5. The third-order valence-corrected chi connectivity index (χ3v) is 7.00. The predicted octanol–water partition coefficient (Wildman–Crippen LogP) is 5.25. The summed E-state index contributed by atoms with van der Waals surface area (Å²) in [5, 5.41) is 0. The number of nitrogens with zero attached hydrogens (tertiary/aromatic N) is 1. The van der Waals surface area contributed by atoms with Crippen LogP contribution in [0.2, 0.25) is 0 Å². The van der Waals surface area contributed by atoms with Crippen molar-refractivity contribution < 1.29 is 8.42 Å². The van der Waals surface area contributed by atoms with Crippen LogP contribution < -0.4 is 0 Å². The van der Waals surface area contributed by atoms with Gasteiger partial charge in [0.2, 0.25) is 10.0 Å². The molecule has 3 nitrogen and oxygen atoms in total. The van der Waals surface area contributed by atoms with Gasteiger partial charge in [0.25, 0.3) is 0 Å². The Morgan fingerprint density at radius 1 is 1.15 bits per heavy atom. The van der Waals surface area contributed by atoms with Gasteiger partial charge >= 0.3 is 0 Å². The molecule has 1 saturated carbocycles. The fourth-order valence-corrected chi connectivity index (χ4v) is 5.31. The van der Waals surface area contributed by atoms with Gasteiger partial charge in [-0.15, -0.1) is 6.58 Å². The zero-order chi connectivity index (χ0) is 19.0. The van der Waals surface area contributed by atoms with E-state index in [0.29, 0.717) is 23.8 Å². The number of hydrogen-bond donors (Lipinski definition) is 0. The Bertz CT molecular complexity index is 713. The average molecular weight is 374 g/mol. The molecule has 1 fully saturated rings. The molecule has 142 valence electrons. The van der Waals surface area contributed by atoms with Gasteiger partial charge in [-0.05, 0) is 44.2 Å². The van der Waals surface area contributed by atoms with Crippen molar-refractivity contribution >= 4 is 10.0 Å². The van der Waals surface area contributed by atoms with Gasteiger partial charge in [0, 0.05) is 12.6 Å². The van der Waals surface area contributed by atoms with Gasteiger partial charge in [0.1, 0.15) is 0 Å². The maximum Gasteiger partial charge on any atom is 0.243 e. The summed E-state index contributed by atoms with van der Waals surface area (Å²) in [4.78, 5) is 0.361. The highest BCUT2D eigenvalue weighted by atomic mass is 32.2. The third-order valence-electron chi connectivity index (χ3n) is 5.09. The number of aryl methyl sites for hydroxylation is 1. The summed E-state index contributed by atoms with van der Waals surface area (Å²) in [5.41, 5.74) is 1.05. The van der Waals surface area contributed by atoms with Crippen molar-refractivity contribution in [1.29, 1.82) is 0 Å². The van der Waals surface area contributed by atoms with Crippen molar-refractivity contribution in [3.05, 3.63) is 67.3 Å². The van der Waals surface area contributed by atoms with E-state index >= 15 is 0 Å². The molecule has 1 aromatic rings. The highest BCUT2D eigenvalue weighted by molar-refractivity contribution is 7.89. The molecule has 0 spiro atoms. The Balaban J connectivity index is 2.43. The Morgan fingerprint density at radius 3 is 2.38 bits per heavy atom. The molecule has 0 unspecified atom stereocenters. The van der Waals surface area contributed by atoms with Gasteiger partial charge in [-0.2, -0.15) is 4.31 Å². The first kappa shape index (κ1) is 20.7. The monoisotopic (exact) mass is 373 g/mol. The fraction of sp³-hybridized carbons (Fsp3) is 0.455. The highest BCUT2D eigenvalue weighted by Gasteiger charge is 2.34. The van der Waals surface area contributed by atoms with Crippen LogP contribution in [-0.4, -0.2) is 25.3 Å². The summed E-state index contributed by atoms with van der Waals surface area (Å²) in [6, 6.07) is 6.99. The molecule has 0 aliphatic heterocycles. The lowest BCUT2D eigenvalue weighted by atomic mass is 9.83. The standard InChI is InChI=1S/C22H31NO2S/c1-4-6-13-22(20-11-9-8-10-12-20)23(18-7-5-2)26(24,25)21-16-14-19(3)15-17-21/h4-6,13-17,20,22H,1-2,7-12,18H2,3H3/b13-6-/t22-/m0/s1. The van der Waals surface area contributed by atoms with E-state index in [2.05, 4.69) is 13.2 Å². The number of sulfonamides is 1. The van der Waals surface area contributed by atoms with Crippen LogP contribution in [0.1, 0.15) is 44.1 Å². The number of benzene rings is 1. The molecule has 0 heterocycles. The molecule has 0 N–H and O–H groups in total. The van der Waals surface area contributed by atoms with Crippen LogP contribution in [0.15, 0.2) is 66.6 Å². The van der Waals surface area contributed by atoms with Gasteiger partial charge in [-0.1, -0.05) is 67.8 Å². The Morgan fingerprint density at radius 2 is 1.81 bits per heavy atom. The van der Waals surface area contributed by atoms with Crippen LogP contribution >= 0.6 is 0 Å². The molecule has 0 saturated heterocycles. The van der Waals surface area contributed by atoms with E-state index in [1.807, 2.05) is 31.2 Å². The summed E-state index contributed by atoms with van der Waals surface area (Å²) < 4.78 is 28.5. The van der Waals surface area contributed by atoms with E-state index in [0.717, 1.165) is 18.4 Å². The van der Waals surface area contributed by atoms with E-state index in [1.54, 1.807) is 28.6 Å². The van der Waals surface area contributed by atoms with Gasteiger partial charge in [0.05, 0.1) is 4.90 Å². The Kier molecular flexibility index (Phi) is 7.85. The van der Waals surface area contributed by atoms with Crippen LogP contribution in [0.5, 0.6) is 0 Å². The van der Waals surface area contributed by atoms with Crippen LogP contribution in [-0.2, 0) is 10.0 Å². The molecule has 0 aromatic heterocycles. The summed E-state index contributed by atoms with van der Waals surface area (Å²) >= 11 is 0. The predicted molar refractivity (Wildman–Crippen MR) is 110 cm³/mol. The van der Waals surface area contributed by atoms with E-state index < -0.39 is 10.0 Å². The summed E-state index contributed by atoms with van der Waals surface area (Å²) in [6.07, 6.45) is 13.8. The van der Waals surface area contributed by atoms with Crippen molar-refractivity contribution in [2.45, 2.75) is 56.4 Å². The molecule has 0 amide bonds. The van der Waals surface area contributed by atoms with Gasteiger partial charge in [0.15, 0.2) is 0 Å². The second-order valence-electron chi connectivity index (χ2n) is 7.02. The maximum absolute atomic E-state index is 13.4. The zero-order valence-corrected chi connectivity index (χ0v) is 16.6. The van der Waals surface area contributed by atoms with Crippen LogP contribution in [0.4, 0.5) is 0 Å². The third kappa shape index (κ3) is 5.18. The molecule has 1 atom stereocenters. The molecule has 1 aliphatic carbocycles. The molecule has 0 bridgehead atoms. The summed E-state index contributed by atoms with van der Waals surface area (Å²) in [6.45, 7) is 9.94. The molecule has 2 rings (SSSR count). The SMILES string of the molecule is C=C/C=C\[C@@H](C1CCCCC1)N(CCC=C)S(=O)(=O)c1ccc(C)cc1. The molecular formula is C22H31NO2S. The average Bonchev–Trinajstić information content (AvgIpc) is 2.65. The van der Waals surface area contributed by atoms with Crippen molar-refractivity contribution in [3.8, 4) is 0 Å². The molecule has 0 radical (unpaired) electrons. The number of rotatable bonds is 9. The lowest BCUT2D eigenvalue weighted by molar-refractivity contribution is 0.228. The van der Waals surface area contributed by atoms with Gasteiger partial charge < -0.3 is 0 Å². The Hall–Kier alpha value is -1.65. The zero-order valence-electron chi connectivity index (χ0n) is 15.8. The van der Waals surface area contributed by atoms with E-state index in [-0.39, 0.29) is 6.04 Å². The van der Waals surface area contributed by atoms with E-state index in [4.69, 9.17) is 0 Å². The van der Waals surface area contributed by atoms with Crippen LogP contribution in [0, 0.1) is 12.8 Å². The molecule has 26 heavy (non-hydrogen) atoms. The first-order valence-electron chi connectivity index (χ1n) is 9.49. The molecule has 1 aliphatic rings. The van der Waals surface area contributed by atoms with Gasteiger partial charge in [-0.3, -0.25) is 0 Å². The van der Waals surface area contributed by atoms with Crippen LogP contribution in [0.3, 0.4) is 0 Å². The highest BCUT2D eigenvalue weighted by Crippen LogP contribution is 2.32. The largest absolute Gasteiger partial charge is 0.243 e. The number of allylic oxidation sites excluding steroid dienone is 2. The second kappa shape index (κ2) is 9.89. The van der Waals surface area contributed by atoms with Crippen molar-refractivity contribution in [2.75, 3.05) is 6.54 Å². The quantitative estimate of drug-likeness (QED) is 0.438. The van der Waals surface area contributed by atoms with Crippen LogP contribution in [0.25, 0.3) is 0 Å². The van der Waals surface area contributed by atoms with Crippen molar-refractivity contribution in [2.24, 2.45) is 5.92 Å². The fourth-order valence-electron chi connectivity index (χ4n) is 3.65. The summed E-state index contributed by atoms with van der Waals surface area (Å²) in [5.74, 6) is 0.352. The minimum absolute atomic E-state index is 0.139. The maximum atomic E-state index is 13.4. The summed E-state index contributed by atoms with van der Waals surface area (Å²) in [7, 11) is -3.57. The van der Waals surface area contributed by atoms with Crippen molar-refractivity contribution in [3.63, 3.8) is 0 Å². The molecular weight excluding hydrogens is 342 g/mol. The first-order valence-corrected chi connectivity index (χ1v) is 10.9. The molecule has 4 heteroatoms. The minimum atomic E-state index is -3.57.